The van der Waals surface area contributed by atoms with Crippen LogP contribution in [0.4, 0.5) is 0 Å². The second-order valence-corrected chi connectivity index (χ2v) is 4.90. The van der Waals surface area contributed by atoms with Crippen molar-refractivity contribution in [1.29, 1.82) is 0 Å². The van der Waals surface area contributed by atoms with Crippen molar-refractivity contribution in [2.75, 3.05) is 13.6 Å². The number of rotatable bonds is 12. The summed E-state index contributed by atoms with van der Waals surface area (Å²) in [7, 11) is 1.59. The van der Waals surface area contributed by atoms with Crippen LogP contribution in [0, 0.1) is 0 Å². The van der Waals surface area contributed by atoms with E-state index in [1.165, 1.54) is 44.9 Å². The normalized spacial score (nSPS) is 9.70. The van der Waals surface area contributed by atoms with Gasteiger partial charge in [-0.25, -0.2) is 0 Å². The lowest BCUT2D eigenvalue weighted by Crippen LogP contribution is -2.16. The molecule has 0 amide bonds. The molecular formula is C15H31NO4. The van der Waals surface area contributed by atoms with Gasteiger partial charge < -0.3 is 15.5 Å². The molecule has 0 radical (unpaired) electrons. The molecule has 0 aromatic rings. The van der Waals surface area contributed by atoms with Gasteiger partial charge >= 0.3 is 11.9 Å². The van der Waals surface area contributed by atoms with Crippen LogP contribution >= 0.6 is 0 Å². The van der Waals surface area contributed by atoms with E-state index in [4.69, 9.17) is 10.2 Å². The molecule has 5 nitrogen and oxygen atoms in total. The lowest BCUT2D eigenvalue weighted by Gasteiger charge is -2.00. The number of likely N-dealkylation sites (N-methyl/N-ethyl adjacent to an activating group) is 1. The van der Waals surface area contributed by atoms with Crippen molar-refractivity contribution in [3.8, 4) is 0 Å². The van der Waals surface area contributed by atoms with Crippen LogP contribution in [0.5, 0.6) is 0 Å². The highest BCUT2D eigenvalue weighted by Crippen LogP contribution is 2.10. The number of nitrogens with one attached hydrogen (secondary N) is 1. The number of hydrogen-bond donors (Lipinski definition) is 3. The van der Waals surface area contributed by atoms with E-state index in [1.54, 1.807) is 7.05 Å². The van der Waals surface area contributed by atoms with Gasteiger partial charge in [-0.3, -0.25) is 9.59 Å². The second-order valence-electron chi connectivity index (χ2n) is 4.90. The highest BCUT2D eigenvalue weighted by atomic mass is 16.4. The Hall–Kier alpha value is -1.10. The summed E-state index contributed by atoms with van der Waals surface area (Å²) in [6.45, 7) is 2.27. The van der Waals surface area contributed by atoms with E-state index in [0.29, 0.717) is 6.42 Å². The van der Waals surface area contributed by atoms with Crippen molar-refractivity contribution in [2.45, 2.75) is 71.1 Å². The number of hydrogen-bond acceptors (Lipinski definition) is 3. The van der Waals surface area contributed by atoms with E-state index in [0.717, 1.165) is 12.8 Å². The van der Waals surface area contributed by atoms with Crippen molar-refractivity contribution in [3.63, 3.8) is 0 Å². The van der Waals surface area contributed by atoms with E-state index in [9.17, 15) is 9.59 Å². The third kappa shape index (κ3) is 25.7. The Kier molecular flexibility index (Phi) is 19.0. The number of carbonyl (C=O) groups is 2. The van der Waals surface area contributed by atoms with Crippen LogP contribution in [0.1, 0.15) is 71.1 Å². The fraction of sp³-hybridized carbons (Fsp3) is 0.867. The Bertz CT molecular complexity index is 232. The first-order valence-electron chi connectivity index (χ1n) is 7.62. The van der Waals surface area contributed by atoms with Gasteiger partial charge in [-0.1, -0.05) is 58.3 Å². The van der Waals surface area contributed by atoms with Crippen LogP contribution in [0.3, 0.4) is 0 Å². The lowest BCUT2D eigenvalue weighted by atomic mass is 10.1. The summed E-state index contributed by atoms with van der Waals surface area (Å²) >= 11 is 0. The molecule has 0 saturated carbocycles. The molecule has 0 aromatic carbocycles. The predicted octanol–water partition coefficient (Wildman–Crippen LogP) is 3.28. The van der Waals surface area contributed by atoms with Crippen LogP contribution in [0.2, 0.25) is 0 Å². The minimum atomic E-state index is -0.822. The molecule has 0 aliphatic heterocycles. The molecule has 20 heavy (non-hydrogen) atoms. The molecule has 0 atom stereocenters. The summed E-state index contributed by atoms with van der Waals surface area (Å²) in [5.41, 5.74) is 0. The summed E-state index contributed by atoms with van der Waals surface area (Å²) in [5, 5.41) is 18.7. The highest BCUT2D eigenvalue weighted by molar-refractivity contribution is 5.68. The third-order valence-corrected chi connectivity index (χ3v) is 2.82. The lowest BCUT2D eigenvalue weighted by molar-refractivity contribution is -0.137. The van der Waals surface area contributed by atoms with Crippen LogP contribution in [0.15, 0.2) is 0 Å². The van der Waals surface area contributed by atoms with Gasteiger partial charge in [0.2, 0.25) is 0 Å². The van der Waals surface area contributed by atoms with Gasteiger partial charge in [-0.2, -0.15) is 0 Å². The number of carboxylic acid groups (broad SMARTS) is 2. The summed E-state index contributed by atoms with van der Waals surface area (Å²) in [4.78, 5) is 19.7. The minimum Gasteiger partial charge on any atom is -0.481 e. The number of carboxylic acids is 2. The summed E-state index contributed by atoms with van der Waals surface area (Å²) in [5.74, 6) is -1.48. The molecule has 0 spiro atoms. The first-order valence-corrected chi connectivity index (χ1v) is 7.62. The topological polar surface area (TPSA) is 86.6 Å². The Balaban J connectivity index is 0. The number of unbranched alkanes of at least 4 members (excludes halogenated alkanes) is 8. The van der Waals surface area contributed by atoms with Crippen molar-refractivity contribution in [2.24, 2.45) is 0 Å². The van der Waals surface area contributed by atoms with Crippen LogP contribution in [0.25, 0.3) is 0 Å². The fourth-order valence-corrected chi connectivity index (χ4v) is 1.74. The van der Waals surface area contributed by atoms with Crippen LogP contribution < -0.4 is 5.32 Å². The van der Waals surface area contributed by atoms with E-state index in [-0.39, 0.29) is 6.54 Å². The molecule has 0 aromatic heterocycles. The average Bonchev–Trinajstić information content (AvgIpc) is 2.37. The van der Waals surface area contributed by atoms with Crippen molar-refractivity contribution in [1.82, 2.24) is 5.32 Å². The maximum absolute atomic E-state index is 10.2. The molecule has 0 rings (SSSR count). The van der Waals surface area contributed by atoms with Crippen LogP contribution in [-0.4, -0.2) is 35.7 Å². The highest BCUT2D eigenvalue weighted by Gasteiger charge is 1.96. The minimum absolute atomic E-state index is 0.0417. The Morgan fingerprint density at radius 3 is 1.55 bits per heavy atom. The molecular weight excluding hydrogens is 258 g/mol. The van der Waals surface area contributed by atoms with Gasteiger partial charge in [0.25, 0.3) is 0 Å². The van der Waals surface area contributed by atoms with E-state index < -0.39 is 11.9 Å². The maximum atomic E-state index is 10.2. The van der Waals surface area contributed by atoms with Gasteiger partial charge in [0.05, 0.1) is 6.54 Å². The number of aliphatic carboxylic acids is 2. The largest absolute Gasteiger partial charge is 0.481 e. The van der Waals surface area contributed by atoms with Gasteiger partial charge in [0.15, 0.2) is 0 Å². The molecule has 0 bridgehead atoms. The van der Waals surface area contributed by atoms with Gasteiger partial charge in [-0.05, 0) is 13.5 Å². The zero-order valence-corrected chi connectivity index (χ0v) is 13.0. The first kappa shape index (κ1) is 21.2. The molecule has 0 aliphatic carbocycles. The summed E-state index contributed by atoms with van der Waals surface area (Å²) in [6.07, 6.45) is 11.5. The smallest absolute Gasteiger partial charge is 0.317 e. The standard InChI is InChI=1S/C12H24O2.C3H7NO2/c1-2-3-4-5-6-7-8-9-10-11-12(13)14;1-4-2-3(5)6/h2-11H2,1H3,(H,13,14);4H,2H2,1H3,(H,5,6). The molecule has 0 aliphatic rings. The van der Waals surface area contributed by atoms with Crippen molar-refractivity contribution < 1.29 is 19.8 Å². The maximum Gasteiger partial charge on any atom is 0.317 e. The zero-order valence-electron chi connectivity index (χ0n) is 13.0. The van der Waals surface area contributed by atoms with Crippen molar-refractivity contribution in [3.05, 3.63) is 0 Å². The Morgan fingerprint density at radius 2 is 1.25 bits per heavy atom. The zero-order chi connectivity index (χ0) is 15.6. The van der Waals surface area contributed by atoms with E-state index in [2.05, 4.69) is 12.2 Å². The molecule has 120 valence electrons. The van der Waals surface area contributed by atoms with Gasteiger partial charge in [0.1, 0.15) is 0 Å². The SMILES string of the molecule is CCCCCCCCCCCC(=O)O.CNCC(=O)O. The predicted molar refractivity (Wildman–Crippen MR) is 81.0 cm³/mol. The van der Waals surface area contributed by atoms with Gasteiger partial charge in [0, 0.05) is 6.42 Å². The second kappa shape index (κ2) is 17.9. The molecule has 0 unspecified atom stereocenters. The third-order valence-electron chi connectivity index (χ3n) is 2.82. The summed E-state index contributed by atoms with van der Waals surface area (Å²) < 4.78 is 0. The first-order chi connectivity index (χ1) is 9.54. The Labute approximate surface area is 122 Å². The monoisotopic (exact) mass is 289 g/mol. The quantitative estimate of drug-likeness (QED) is 0.480. The van der Waals surface area contributed by atoms with E-state index in [1.807, 2.05) is 0 Å². The molecule has 5 heteroatoms. The van der Waals surface area contributed by atoms with Crippen LogP contribution in [-0.2, 0) is 9.59 Å². The fourth-order valence-electron chi connectivity index (χ4n) is 1.74. The molecule has 0 heterocycles. The van der Waals surface area contributed by atoms with E-state index >= 15 is 0 Å². The molecule has 0 fully saturated rings. The van der Waals surface area contributed by atoms with Gasteiger partial charge in [-0.15, -0.1) is 0 Å². The molecule has 0 saturated heterocycles. The summed E-state index contributed by atoms with van der Waals surface area (Å²) in [6, 6.07) is 0. The Morgan fingerprint density at radius 1 is 0.800 bits per heavy atom. The molecule has 3 N–H and O–H groups in total. The van der Waals surface area contributed by atoms with Crippen molar-refractivity contribution >= 4 is 11.9 Å². The average molecular weight is 289 g/mol.